The first-order chi connectivity index (χ1) is 7.70. The van der Waals surface area contributed by atoms with Gasteiger partial charge in [-0.3, -0.25) is 9.78 Å². The molecule has 0 bridgehead atoms. The smallest absolute Gasteiger partial charge is 0.337 e. The van der Waals surface area contributed by atoms with E-state index in [1.54, 1.807) is 24.3 Å². The number of nitrogens with zero attached hydrogens (tertiary/aromatic N) is 1. The molecule has 16 heavy (non-hydrogen) atoms. The maximum Gasteiger partial charge on any atom is 0.337 e. The topological polar surface area (TPSA) is 72.0 Å². The Morgan fingerprint density at radius 1 is 1.50 bits per heavy atom. The van der Waals surface area contributed by atoms with Crippen molar-refractivity contribution in [1.82, 2.24) is 9.36 Å². The van der Waals surface area contributed by atoms with Gasteiger partial charge < -0.3 is 4.74 Å². The van der Waals surface area contributed by atoms with Gasteiger partial charge in [-0.25, -0.2) is 4.79 Å². The van der Waals surface area contributed by atoms with Crippen LogP contribution in [0.4, 0.5) is 0 Å². The van der Waals surface area contributed by atoms with Gasteiger partial charge in [0.25, 0.3) is 0 Å². The number of aromatic nitrogens is 2. The van der Waals surface area contributed by atoms with Crippen molar-refractivity contribution in [3.05, 3.63) is 39.5 Å². The summed E-state index contributed by atoms with van der Waals surface area (Å²) in [6.07, 6.45) is 0. The summed E-state index contributed by atoms with van der Waals surface area (Å²) in [5, 5.41) is 0. The van der Waals surface area contributed by atoms with Crippen LogP contribution in [0.25, 0.3) is 11.4 Å². The maximum absolute atomic E-state index is 11.3. The molecular formula is C10H8N2O3S. The predicted molar refractivity (Wildman–Crippen MR) is 59.5 cm³/mol. The van der Waals surface area contributed by atoms with Crippen molar-refractivity contribution < 1.29 is 9.53 Å². The van der Waals surface area contributed by atoms with Crippen LogP contribution < -0.4 is 4.87 Å². The van der Waals surface area contributed by atoms with Gasteiger partial charge in [-0.15, -0.1) is 0 Å². The van der Waals surface area contributed by atoms with E-state index in [1.807, 2.05) is 0 Å². The van der Waals surface area contributed by atoms with Gasteiger partial charge in [-0.2, -0.15) is 4.37 Å². The molecule has 6 heteroatoms. The second-order valence-electron chi connectivity index (χ2n) is 3.02. The number of carbonyl (C=O) groups excluding carboxylic acids is 1. The number of methoxy groups -OCH3 is 1. The van der Waals surface area contributed by atoms with Crippen LogP contribution >= 0.6 is 11.5 Å². The Balaban J connectivity index is 2.43. The molecular weight excluding hydrogens is 228 g/mol. The summed E-state index contributed by atoms with van der Waals surface area (Å²) in [5.74, 6) is 0.0418. The Bertz CT molecular complexity index is 573. The molecule has 2 aromatic rings. The number of H-pyrrole nitrogens is 1. The number of aromatic amines is 1. The number of hydrogen-bond donors (Lipinski definition) is 1. The minimum Gasteiger partial charge on any atom is -0.465 e. The lowest BCUT2D eigenvalue weighted by Gasteiger charge is -2.00. The van der Waals surface area contributed by atoms with Crippen LogP contribution in [-0.4, -0.2) is 22.4 Å². The molecule has 82 valence electrons. The zero-order valence-electron chi connectivity index (χ0n) is 8.39. The summed E-state index contributed by atoms with van der Waals surface area (Å²) in [7, 11) is 1.32. The molecule has 0 atom stereocenters. The Kier molecular flexibility index (Phi) is 2.82. The van der Waals surface area contributed by atoms with Crippen molar-refractivity contribution in [2.24, 2.45) is 0 Å². The zero-order valence-corrected chi connectivity index (χ0v) is 9.21. The fraction of sp³-hybridized carbons (Fsp3) is 0.100. The Hall–Kier alpha value is -1.95. The quantitative estimate of drug-likeness (QED) is 0.797. The molecule has 0 saturated heterocycles. The minimum atomic E-state index is -0.417. The summed E-state index contributed by atoms with van der Waals surface area (Å²) >= 11 is 0.842. The highest BCUT2D eigenvalue weighted by Crippen LogP contribution is 2.16. The molecule has 0 aliphatic rings. The van der Waals surface area contributed by atoms with Gasteiger partial charge >= 0.3 is 10.8 Å². The third-order valence-corrected chi connectivity index (χ3v) is 2.54. The molecule has 0 saturated carbocycles. The number of esters is 1. The molecule has 0 aliphatic heterocycles. The molecule has 0 fully saturated rings. The lowest BCUT2D eigenvalue weighted by atomic mass is 10.1. The van der Waals surface area contributed by atoms with Crippen LogP contribution in [0.2, 0.25) is 0 Å². The summed E-state index contributed by atoms with van der Waals surface area (Å²) < 4.78 is 8.54. The Morgan fingerprint density at radius 3 is 2.94 bits per heavy atom. The SMILES string of the molecule is COC(=O)c1cccc(-c2nsc(=O)[nH]2)c1. The van der Waals surface area contributed by atoms with Gasteiger partial charge in [0.2, 0.25) is 0 Å². The number of rotatable bonds is 2. The van der Waals surface area contributed by atoms with Crippen LogP contribution in [0.1, 0.15) is 10.4 Å². The molecule has 1 heterocycles. The van der Waals surface area contributed by atoms with Crippen molar-refractivity contribution in [1.29, 1.82) is 0 Å². The molecule has 1 aromatic heterocycles. The molecule has 0 radical (unpaired) electrons. The van der Waals surface area contributed by atoms with Crippen LogP contribution in [0.3, 0.4) is 0 Å². The van der Waals surface area contributed by atoms with Gasteiger partial charge in [0.1, 0.15) is 0 Å². The molecule has 1 N–H and O–H groups in total. The lowest BCUT2D eigenvalue weighted by Crippen LogP contribution is -2.01. The summed E-state index contributed by atoms with van der Waals surface area (Å²) in [6.45, 7) is 0. The van der Waals surface area contributed by atoms with E-state index in [0.717, 1.165) is 11.5 Å². The number of carbonyl (C=O) groups is 1. The highest BCUT2D eigenvalue weighted by molar-refractivity contribution is 7.03. The number of benzene rings is 1. The van der Waals surface area contributed by atoms with Crippen molar-refractivity contribution >= 4 is 17.5 Å². The van der Waals surface area contributed by atoms with E-state index in [4.69, 9.17) is 0 Å². The summed E-state index contributed by atoms with van der Waals surface area (Å²) in [5.41, 5.74) is 1.11. The Morgan fingerprint density at radius 2 is 2.31 bits per heavy atom. The average Bonchev–Trinajstić information content (AvgIpc) is 2.75. The van der Waals surface area contributed by atoms with Crippen LogP contribution in [0.5, 0.6) is 0 Å². The highest BCUT2D eigenvalue weighted by Gasteiger charge is 2.08. The first-order valence-corrected chi connectivity index (χ1v) is 5.23. The second-order valence-corrected chi connectivity index (χ2v) is 3.75. The van der Waals surface area contributed by atoms with E-state index in [9.17, 15) is 9.59 Å². The first-order valence-electron chi connectivity index (χ1n) is 4.45. The van der Waals surface area contributed by atoms with E-state index >= 15 is 0 Å². The number of nitrogens with one attached hydrogen (secondary N) is 1. The third kappa shape index (κ3) is 2.01. The fourth-order valence-electron chi connectivity index (χ4n) is 1.27. The van der Waals surface area contributed by atoms with Crippen molar-refractivity contribution in [2.75, 3.05) is 7.11 Å². The summed E-state index contributed by atoms with van der Waals surface area (Å²) in [4.78, 5) is 24.6. The standard InChI is InChI=1S/C10H8N2O3S/c1-15-9(13)7-4-2-3-6(5-7)8-11-10(14)16-12-8/h2-5H,1H3,(H,11,12,14). The van der Waals surface area contributed by atoms with Crippen molar-refractivity contribution in [2.45, 2.75) is 0 Å². The third-order valence-electron chi connectivity index (χ3n) is 2.00. The highest BCUT2D eigenvalue weighted by atomic mass is 32.1. The second kappa shape index (κ2) is 4.28. The van der Waals surface area contributed by atoms with Crippen LogP contribution in [0.15, 0.2) is 29.1 Å². The van der Waals surface area contributed by atoms with E-state index in [2.05, 4.69) is 14.1 Å². The first kappa shape index (κ1) is 10.6. The van der Waals surface area contributed by atoms with E-state index in [-0.39, 0.29) is 4.87 Å². The van der Waals surface area contributed by atoms with Gasteiger partial charge in [0, 0.05) is 17.1 Å². The van der Waals surface area contributed by atoms with Gasteiger partial charge in [-0.05, 0) is 12.1 Å². The Labute approximate surface area is 94.9 Å². The lowest BCUT2D eigenvalue weighted by molar-refractivity contribution is 0.0601. The van der Waals surface area contributed by atoms with Crippen molar-refractivity contribution in [3.8, 4) is 11.4 Å². The van der Waals surface area contributed by atoms with E-state index in [1.165, 1.54) is 7.11 Å². The van der Waals surface area contributed by atoms with Gasteiger partial charge in [0.05, 0.1) is 12.7 Å². The summed E-state index contributed by atoms with van der Waals surface area (Å²) in [6, 6.07) is 6.73. The minimum absolute atomic E-state index is 0.224. The molecule has 0 amide bonds. The maximum atomic E-state index is 11.3. The average molecular weight is 236 g/mol. The molecule has 0 spiro atoms. The zero-order chi connectivity index (χ0) is 11.5. The normalized spacial score (nSPS) is 10.1. The largest absolute Gasteiger partial charge is 0.465 e. The van der Waals surface area contributed by atoms with E-state index < -0.39 is 5.97 Å². The predicted octanol–water partition coefficient (Wildman–Crippen LogP) is 1.28. The molecule has 0 aliphatic carbocycles. The molecule has 1 aromatic carbocycles. The monoisotopic (exact) mass is 236 g/mol. The number of hydrogen-bond acceptors (Lipinski definition) is 5. The van der Waals surface area contributed by atoms with Gasteiger partial charge in [-0.1, -0.05) is 12.1 Å². The van der Waals surface area contributed by atoms with Crippen LogP contribution in [-0.2, 0) is 4.74 Å². The molecule has 0 unspecified atom stereocenters. The van der Waals surface area contributed by atoms with Gasteiger partial charge in [0.15, 0.2) is 5.82 Å². The molecule has 5 nitrogen and oxygen atoms in total. The fourth-order valence-corrected chi connectivity index (χ4v) is 1.73. The van der Waals surface area contributed by atoms with Crippen LogP contribution in [0, 0.1) is 0 Å². The van der Waals surface area contributed by atoms with Crippen molar-refractivity contribution in [3.63, 3.8) is 0 Å². The molecule has 2 rings (SSSR count). The number of ether oxygens (including phenoxy) is 1. The van der Waals surface area contributed by atoms with E-state index in [0.29, 0.717) is 17.0 Å².